The first-order valence-corrected chi connectivity index (χ1v) is 6.29. The monoisotopic (exact) mass is 254 g/mol. The van der Waals surface area contributed by atoms with Gasteiger partial charge in [-0.05, 0) is 30.4 Å². The molecule has 1 aliphatic rings. The number of aliphatic hydroxyl groups is 1. The zero-order valence-electron chi connectivity index (χ0n) is 10.6. The Bertz CT molecular complexity index is 389. The predicted octanol–water partition coefficient (Wildman–Crippen LogP) is 2.16. The first kappa shape index (κ1) is 13.3. The number of hydrogen-bond donors (Lipinski definition) is 1. The van der Waals surface area contributed by atoms with Crippen LogP contribution in [0.15, 0.2) is 18.2 Å². The van der Waals surface area contributed by atoms with Crippen molar-refractivity contribution in [2.75, 3.05) is 20.3 Å². The summed E-state index contributed by atoms with van der Waals surface area (Å²) in [5.74, 6) is 0.0575. The average molecular weight is 254 g/mol. The van der Waals surface area contributed by atoms with Gasteiger partial charge in [0.15, 0.2) is 11.6 Å². The van der Waals surface area contributed by atoms with E-state index in [0.717, 1.165) is 12.8 Å². The van der Waals surface area contributed by atoms with E-state index < -0.39 is 6.10 Å². The summed E-state index contributed by atoms with van der Waals surface area (Å²) in [6.07, 6.45) is 1.49. The summed E-state index contributed by atoms with van der Waals surface area (Å²) in [5, 5.41) is 10.2. The van der Waals surface area contributed by atoms with Gasteiger partial charge in [-0.25, -0.2) is 4.39 Å². The summed E-state index contributed by atoms with van der Waals surface area (Å²) in [5.41, 5.74) is 0.508. The van der Waals surface area contributed by atoms with Gasteiger partial charge < -0.3 is 14.6 Å². The fourth-order valence-electron chi connectivity index (χ4n) is 2.36. The highest BCUT2D eigenvalue weighted by Gasteiger charge is 2.23. The molecule has 0 saturated carbocycles. The SMILES string of the molecule is COc1cccc(CC(O)C2CCOCC2)c1F. The molecule has 2 rings (SSSR count). The van der Waals surface area contributed by atoms with Crippen LogP contribution in [0.1, 0.15) is 18.4 Å². The molecule has 0 spiro atoms. The summed E-state index contributed by atoms with van der Waals surface area (Å²) in [7, 11) is 1.44. The van der Waals surface area contributed by atoms with Gasteiger partial charge in [-0.15, -0.1) is 0 Å². The molecule has 1 aliphatic heterocycles. The van der Waals surface area contributed by atoms with Crippen LogP contribution in [0.25, 0.3) is 0 Å². The number of ether oxygens (including phenoxy) is 2. The maximum atomic E-state index is 13.9. The Balaban J connectivity index is 2.04. The quantitative estimate of drug-likeness (QED) is 0.895. The lowest BCUT2D eigenvalue weighted by atomic mass is 9.90. The van der Waals surface area contributed by atoms with E-state index in [1.807, 2.05) is 0 Å². The van der Waals surface area contributed by atoms with E-state index in [-0.39, 0.29) is 17.5 Å². The molecule has 1 N–H and O–H groups in total. The van der Waals surface area contributed by atoms with Crippen molar-refractivity contribution in [2.45, 2.75) is 25.4 Å². The molecule has 0 aliphatic carbocycles. The van der Waals surface area contributed by atoms with Crippen molar-refractivity contribution >= 4 is 0 Å². The number of hydrogen-bond acceptors (Lipinski definition) is 3. The van der Waals surface area contributed by atoms with Crippen LogP contribution in [0.4, 0.5) is 4.39 Å². The zero-order chi connectivity index (χ0) is 13.0. The van der Waals surface area contributed by atoms with E-state index in [1.54, 1.807) is 18.2 Å². The van der Waals surface area contributed by atoms with Crippen molar-refractivity contribution in [1.29, 1.82) is 0 Å². The summed E-state index contributed by atoms with van der Waals surface area (Å²) >= 11 is 0. The minimum atomic E-state index is -0.518. The Morgan fingerprint density at radius 1 is 1.44 bits per heavy atom. The lowest BCUT2D eigenvalue weighted by molar-refractivity contribution is 0.00809. The van der Waals surface area contributed by atoms with Crippen LogP contribution < -0.4 is 4.74 Å². The fourth-order valence-corrected chi connectivity index (χ4v) is 2.36. The molecule has 1 fully saturated rings. The van der Waals surface area contributed by atoms with Gasteiger partial charge in [-0.3, -0.25) is 0 Å². The summed E-state index contributed by atoms with van der Waals surface area (Å²) in [6, 6.07) is 5.02. The molecule has 1 saturated heterocycles. The Morgan fingerprint density at radius 3 is 2.83 bits per heavy atom. The second-order valence-corrected chi connectivity index (χ2v) is 4.65. The van der Waals surface area contributed by atoms with E-state index in [2.05, 4.69) is 0 Å². The Labute approximate surface area is 107 Å². The molecule has 0 radical (unpaired) electrons. The smallest absolute Gasteiger partial charge is 0.168 e. The number of benzene rings is 1. The topological polar surface area (TPSA) is 38.7 Å². The Morgan fingerprint density at radius 2 is 2.17 bits per heavy atom. The number of rotatable bonds is 4. The highest BCUT2D eigenvalue weighted by Crippen LogP contribution is 2.25. The lowest BCUT2D eigenvalue weighted by Crippen LogP contribution is -2.29. The third-order valence-corrected chi connectivity index (χ3v) is 3.50. The largest absolute Gasteiger partial charge is 0.494 e. The molecule has 1 atom stereocenters. The molecule has 100 valence electrons. The zero-order valence-corrected chi connectivity index (χ0v) is 10.6. The Hall–Kier alpha value is -1.13. The highest BCUT2D eigenvalue weighted by atomic mass is 19.1. The first-order valence-electron chi connectivity index (χ1n) is 6.29. The van der Waals surface area contributed by atoms with Crippen LogP contribution in [0.2, 0.25) is 0 Å². The number of halogens is 1. The summed E-state index contributed by atoms with van der Waals surface area (Å²) < 4.78 is 24.1. The molecule has 0 aromatic heterocycles. The van der Waals surface area contributed by atoms with E-state index >= 15 is 0 Å². The second kappa shape index (κ2) is 6.16. The van der Waals surface area contributed by atoms with Crippen molar-refractivity contribution in [2.24, 2.45) is 5.92 Å². The van der Waals surface area contributed by atoms with Gasteiger partial charge in [-0.2, -0.15) is 0 Å². The average Bonchev–Trinajstić information content (AvgIpc) is 2.42. The molecule has 3 nitrogen and oxygen atoms in total. The van der Waals surface area contributed by atoms with Gasteiger partial charge in [0.2, 0.25) is 0 Å². The van der Waals surface area contributed by atoms with Crippen LogP contribution in [-0.4, -0.2) is 31.5 Å². The normalized spacial score (nSPS) is 18.6. The van der Waals surface area contributed by atoms with Crippen molar-refractivity contribution in [3.8, 4) is 5.75 Å². The third-order valence-electron chi connectivity index (χ3n) is 3.50. The van der Waals surface area contributed by atoms with Gasteiger partial charge in [-0.1, -0.05) is 12.1 Å². The van der Waals surface area contributed by atoms with E-state index in [9.17, 15) is 9.50 Å². The Kier molecular flexibility index (Phi) is 4.55. The van der Waals surface area contributed by atoms with Gasteiger partial charge in [0.05, 0.1) is 13.2 Å². The number of aliphatic hydroxyl groups excluding tert-OH is 1. The first-order chi connectivity index (χ1) is 8.72. The molecular formula is C14H19FO3. The lowest BCUT2D eigenvalue weighted by Gasteiger charge is -2.26. The minimum absolute atomic E-state index is 0.198. The number of methoxy groups -OCH3 is 1. The maximum absolute atomic E-state index is 13.9. The molecule has 1 unspecified atom stereocenters. The minimum Gasteiger partial charge on any atom is -0.494 e. The molecule has 4 heteroatoms. The van der Waals surface area contributed by atoms with E-state index in [4.69, 9.17) is 9.47 Å². The molecule has 18 heavy (non-hydrogen) atoms. The molecule has 1 aromatic carbocycles. The third kappa shape index (κ3) is 3.00. The van der Waals surface area contributed by atoms with Crippen LogP contribution in [0.5, 0.6) is 5.75 Å². The standard InChI is InChI=1S/C14H19FO3/c1-17-13-4-2-3-11(14(13)15)9-12(16)10-5-7-18-8-6-10/h2-4,10,12,16H,5-9H2,1H3. The molecular weight excluding hydrogens is 235 g/mol. The summed E-state index contributed by atoms with van der Waals surface area (Å²) in [4.78, 5) is 0. The fraction of sp³-hybridized carbons (Fsp3) is 0.571. The van der Waals surface area contributed by atoms with E-state index in [1.165, 1.54) is 7.11 Å². The van der Waals surface area contributed by atoms with Gasteiger partial charge in [0, 0.05) is 19.6 Å². The van der Waals surface area contributed by atoms with Crippen molar-refractivity contribution < 1.29 is 19.0 Å². The second-order valence-electron chi connectivity index (χ2n) is 4.65. The van der Waals surface area contributed by atoms with Crippen molar-refractivity contribution in [1.82, 2.24) is 0 Å². The highest BCUT2D eigenvalue weighted by molar-refractivity contribution is 5.31. The maximum Gasteiger partial charge on any atom is 0.168 e. The molecule has 1 heterocycles. The molecule has 0 amide bonds. The van der Waals surface area contributed by atoms with Crippen LogP contribution in [-0.2, 0) is 11.2 Å². The van der Waals surface area contributed by atoms with Crippen molar-refractivity contribution in [3.63, 3.8) is 0 Å². The van der Waals surface area contributed by atoms with Gasteiger partial charge in [0.1, 0.15) is 0 Å². The van der Waals surface area contributed by atoms with Crippen LogP contribution >= 0.6 is 0 Å². The van der Waals surface area contributed by atoms with Gasteiger partial charge >= 0.3 is 0 Å². The van der Waals surface area contributed by atoms with Gasteiger partial charge in [0.25, 0.3) is 0 Å². The molecule has 1 aromatic rings. The van der Waals surface area contributed by atoms with E-state index in [0.29, 0.717) is 25.2 Å². The van der Waals surface area contributed by atoms with Crippen LogP contribution in [0, 0.1) is 11.7 Å². The summed E-state index contributed by atoms with van der Waals surface area (Å²) in [6.45, 7) is 1.37. The van der Waals surface area contributed by atoms with Crippen LogP contribution in [0.3, 0.4) is 0 Å². The molecule has 0 bridgehead atoms. The predicted molar refractivity (Wildman–Crippen MR) is 66.2 cm³/mol. The van der Waals surface area contributed by atoms with Crippen molar-refractivity contribution in [3.05, 3.63) is 29.6 Å².